The Morgan fingerprint density at radius 1 is 1.21 bits per heavy atom. The molecule has 0 amide bonds. The molecule has 1 fully saturated rings. The Morgan fingerprint density at radius 3 is 2.75 bits per heavy atom. The molecule has 0 aliphatic carbocycles. The molecule has 0 radical (unpaired) electrons. The van der Waals surface area contributed by atoms with E-state index >= 15 is 0 Å². The van der Waals surface area contributed by atoms with Gasteiger partial charge in [-0.25, -0.2) is 15.0 Å². The van der Waals surface area contributed by atoms with Gasteiger partial charge in [-0.2, -0.15) is 0 Å². The molecule has 0 atom stereocenters. The van der Waals surface area contributed by atoms with Crippen molar-refractivity contribution >= 4 is 26.8 Å². The van der Waals surface area contributed by atoms with Gasteiger partial charge in [0.25, 0.3) is 0 Å². The van der Waals surface area contributed by atoms with Crippen molar-refractivity contribution in [3.8, 4) is 0 Å². The highest BCUT2D eigenvalue weighted by Gasteiger charge is 2.21. The monoisotopic (exact) mass is 343 g/mol. The molecule has 3 aromatic heterocycles. The number of piperazine rings is 1. The van der Waals surface area contributed by atoms with Gasteiger partial charge in [-0.15, -0.1) is 0 Å². The van der Waals surface area contributed by atoms with E-state index in [0.717, 1.165) is 59.9 Å². The molecule has 24 heavy (non-hydrogen) atoms. The minimum Gasteiger partial charge on any atom is -0.444 e. The van der Waals surface area contributed by atoms with Crippen LogP contribution in [0.15, 0.2) is 28.9 Å². The van der Waals surface area contributed by atoms with E-state index in [1.54, 1.807) is 11.3 Å². The van der Waals surface area contributed by atoms with E-state index in [0.29, 0.717) is 5.92 Å². The summed E-state index contributed by atoms with van der Waals surface area (Å²) in [6.07, 6.45) is 3.67. The van der Waals surface area contributed by atoms with Gasteiger partial charge in [0, 0.05) is 38.3 Å². The lowest BCUT2D eigenvalue weighted by Gasteiger charge is -2.33. The van der Waals surface area contributed by atoms with E-state index in [1.165, 1.54) is 0 Å². The van der Waals surface area contributed by atoms with Gasteiger partial charge in [0.05, 0.1) is 12.7 Å². The number of pyridine rings is 1. The van der Waals surface area contributed by atoms with E-state index in [1.807, 2.05) is 24.5 Å². The molecule has 0 unspecified atom stereocenters. The van der Waals surface area contributed by atoms with E-state index in [-0.39, 0.29) is 0 Å². The number of oxazole rings is 1. The first-order valence-electron chi connectivity index (χ1n) is 8.32. The van der Waals surface area contributed by atoms with Gasteiger partial charge in [0.1, 0.15) is 16.1 Å². The maximum atomic E-state index is 5.81. The Balaban J connectivity index is 1.37. The molecule has 1 aliphatic rings. The maximum absolute atomic E-state index is 5.81. The van der Waals surface area contributed by atoms with E-state index < -0.39 is 0 Å². The van der Waals surface area contributed by atoms with Crippen molar-refractivity contribution in [3.63, 3.8) is 0 Å². The fourth-order valence-electron chi connectivity index (χ4n) is 2.85. The van der Waals surface area contributed by atoms with Crippen LogP contribution >= 0.6 is 11.3 Å². The summed E-state index contributed by atoms with van der Waals surface area (Å²) >= 11 is 1.67. The predicted molar refractivity (Wildman–Crippen MR) is 95.5 cm³/mol. The summed E-state index contributed by atoms with van der Waals surface area (Å²) in [5.41, 5.74) is 0.987. The third-order valence-electron chi connectivity index (χ3n) is 4.30. The summed E-state index contributed by atoms with van der Waals surface area (Å²) in [5, 5.41) is 1.07. The fourth-order valence-corrected chi connectivity index (χ4v) is 3.81. The molecule has 6 nitrogen and oxygen atoms in total. The molecule has 7 heteroatoms. The van der Waals surface area contributed by atoms with Gasteiger partial charge in [-0.1, -0.05) is 25.2 Å². The summed E-state index contributed by atoms with van der Waals surface area (Å²) < 4.78 is 5.81. The molecule has 126 valence electrons. The highest BCUT2D eigenvalue weighted by molar-refractivity contribution is 7.21. The van der Waals surface area contributed by atoms with Crippen molar-refractivity contribution in [3.05, 3.63) is 36.2 Å². The summed E-state index contributed by atoms with van der Waals surface area (Å²) in [6, 6.07) is 3.96. The summed E-state index contributed by atoms with van der Waals surface area (Å²) in [4.78, 5) is 19.2. The molecule has 0 aromatic carbocycles. The van der Waals surface area contributed by atoms with Crippen LogP contribution in [-0.2, 0) is 6.54 Å². The van der Waals surface area contributed by atoms with Gasteiger partial charge in [-0.3, -0.25) is 4.90 Å². The zero-order valence-corrected chi connectivity index (χ0v) is 14.8. The molecule has 0 saturated carbocycles. The quantitative estimate of drug-likeness (QED) is 0.725. The summed E-state index contributed by atoms with van der Waals surface area (Å²) in [7, 11) is 0. The van der Waals surface area contributed by atoms with Gasteiger partial charge >= 0.3 is 0 Å². The molecular weight excluding hydrogens is 322 g/mol. The number of fused-ring (bicyclic) bond motifs is 1. The molecular formula is C17H21N5OS. The Bertz CT molecular complexity index is 786. The lowest BCUT2D eigenvalue weighted by Crippen LogP contribution is -2.46. The van der Waals surface area contributed by atoms with E-state index in [4.69, 9.17) is 9.40 Å². The normalized spacial score (nSPS) is 16.4. The van der Waals surface area contributed by atoms with Gasteiger partial charge in [0.2, 0.25) is 5.89 Å². The highest BCUT2D eigenvalue weighted by atomic mass is 32.1. The van der Waals surface area contributed by atoms with E-state index in [9.17, 15) is 0 Å². The van der Waals surface area contributed by atoms with Crippen LogP contribution in [0.1, 0.15) is 31.4 Å². The summed E-state index contributed by atoms with van der Waals surface area (Å²) in [6.45, 7) is 8.94. The van der Waals surface area contributed by atoms with Crippen molar-refractivity contribution in [2.24, 2.45) is 0 Å². The largest absolute Gasteiger partial charge is 0.444 e. The lowest BCUT2D eigenvalue weighted by molar-refractivity contribution is 0.223. The SMILES string of the molecule is CC(C)c1cnc(CN2CCN(c3nc4cccnc4s3)CC2)o1. The number of thiazole rings is 1. The fraction of sp³-hybridized carbons (Fsp3) is 0.471. The Labute approximate surface area is 145 Å². The van der Waals surface area contributed by atoms with Gasteiger partial charge < -0.3 is 9.32 Å². The lowest BCUT2D eigenvalue weighted by atomic mass is 10.2. The topological polar surface area (TPSA) is 58.3 Å². The summed E-state index contributed by atoms with van der Waals surface area (Å²) in [5.74, 6) is 2.16. The number of anilines is 1. The van der Waals surface area contributed by atoms with Crippen molar-refractivity contribution in [1.29, 1.82) is 0 Å². The number of nitrogens with zero attached hydrogens (tertiary/aromatic N) is 5. The van der Waals surface area contributed by atoms with Crippen molar-refractivity contribution in [2.75, 3.05) is 31.1 Å². The van der Waals surface area contributed by atoms with Crippen LogP contribution in [0.4, 0.5) is 5.13 Å². The minimum absolute atomic E-state index is 0.385. The first-order valence-corrected chi connectivity index (χ1v) is 9.14. The smallest absolute Gasteiger partial charge is 0.208 e. The van der Waals surface area contributed by atoms with Crippen LogP contribution in [0.25, 0.3) is 10.3 Å². The zero-order valence-electron chi connectivity index (χ0n) is 14.0. The maximum Gasteiger partial charge on any atom is 0.208 e. The van der Waals surface area contributed by atoms with Crippen molar-refractivity contribution in [2.45, 2.75) is 26.3 Å². The first kappa shape index (κ1) is 15.5. The van der Waals surface area contributed by atoms with Crippen LogP contribution in [0.3, 0.4) is 0 Å². The van der Waals surface area contributed by atoms with Crippen molar-refractivity contribution < 1.29 is 4.42 Å². The Kier molecular flexibility index (Phi) is 4.20. The molecule has 0 bridgehead atoms. The second-order valence-electron chi connectivity index (χ2n) is 6.40. The second kappa shape index (κ2) is 6.49. The Morgan fingerprint density at radius 2 is 2.04 bits per heavy atom. The molecule has 1 aliphatic heterocycles. The minimum atomic E-state index is 0.385. The van der Waals surface area contributed by atoms with Gasteiger partial charge in [0.15, 0.2) is 5.13 Å². The Hall–Kier alpha value is -1.99. The standard InChI is InChI=1S/C17H21N5OS/c1-12(2)14-10-19-15(23-14)11-21-6-8-22(9-7-21)17-20-13-4-3-5-18-16(13)24-17/h3-5,10,12H,6-9,11H2,1-2H3. The average molecular weight is 343 g/mol. The third-order valence-corrected chi connectivity index (χ3v) is 5.34. The molecule has 1 saturated heterocycles. The number of hydrogen-bond donors (Lipinski definition) is 0. The number of rotatable bonds is 4. The zero-order chi connectivity index (χ0) is 16.5. The van der Waals surface area contributed by atoms with Gasteiger partial charge in [-0.05, 0) is 12.1 Å². The van der Waals surface area contributed by atoms with Crippen LogP contribution < -0.4 is 4.90 Å². The van der Waals surface area contributed by atoms with Crippen LogP contribution in [-0.4, -0.2) is 46.0 Å². The molecule has 3 aromatic rings. The first-order chi connectivity index (χ1) is 11.7. The van der Waals surface area contributed by atoms with Crippen LogP contribution in [0, 0.1) is 0 Å². The van der Waals surface area contributed by atoms with Crippen LogP contribution in [0.2, 0.25) is 0 Å². The molecule has 0 spiro atoms. The number of aromatic nitrogens is 3. The predicted octanol–water partition coefficient (Wildman–Crippen LogP) is 3.12. The average Bonchev–Trinajstić information content (AvgIpc) is 3.22. The molecule has 4 heterocycles. The highest BCUT2D eigenvalue weighted by Crippen LogP contribution is 2.27. The second-order valence-corrected chi connectivity index (χ2v) is 7.35. The third kappa shape index (κ3) is 3.14. The van der Waals surface area contributed by atoms with Crippen molar-refractivity contribution in [1.82, 2.24) is 19.9 Å². The number of hydrogen-bond acceptors (Lipinski definition) is 7. The molecule has 0 N–H and O–H groups in total. The van der Waals surface area contributed by atoms with Crippen LogP contribution in [0.5, 0.6) is 0 Å². The molecule has 4 rings (SSSR count). The van der Waals surface area contributed by atoms with E-state index in [2.05, 4.69) is 33.6 Å².